The van der Waals surface area contributed by atoms with Crippen molar-refractivity contribution >= 4 is 5.71 Å². The van der Waals surface area contributed by atoms with Crippen LogP contribution in [0.4, 0.5) is 0 Å². The second-order valence-corrected chi connectivity index (χ2v) is 2.51. The quantitative estimate of drug-likeness (QED) is 0.522. The first kappa shape index (κ1) is 7.28. The van der Waals surface area contributed by atoms with Gasteiger partial charge in [0.25, 0.3) is 0 Å². The lowest BCUT2D eigenvalue weighted by atomic mass is 10.3. The third-order valence-electron chi connectivity index (χ3n) is 1.34. The van der Waals surface area contributed by atoms with E-state index in [-0.39, 0.29) is 6.10 Å². The summed E-state index contributed by atoms with van der Waals surface area (Å²) in [6, 6.07) is 0. The molecule has 1 aliphatic rings. The molecule has 1 rings (SSSR count). The Morgan fingerprint density at radius 2 is 2.50 bits per heavy atom. The van der Waals surface area contributed by atoms with Crippen molar-refractivity contribution in [3.05, 3.63) is 12.2 Å². The number of hydrogen-bond acceptors (Lipinski definition) is 3. The lowest BCUT2D eigenvalue weighted by Crippen LogP contribution is -2.22. The van der Waals surface area contributed by atoms with E-state index >= 15 is 0 Å². The Balaban J connectivity index is 2.68. The predicted octanol–water partition coefficient (Wildman–Crippen LogP) is 0.225. The van der Waals surface area contributed by atoms with Crippen LogP contribution in [0.15, 0.2) is 17.3 Å². The summed E-state index contributed by atoms with van der Waals surface area (Å²) in [6.45, 7) is 2.49. The normalized spacial score (nSPS) is 26.1. The number of rotatable bonds is 0. The minimum absolute atomic E-state index is 0.383. The van der Waals surface area contributed by atoms with E-state index in [0.717, 1.165) is 5.71 Å². The summed E-state index contributed by atoms with van der Waals surface area (Å²) in [6.07, 6.45) is 3.20. The van der Waals surface area contributed by atoms with Gasteiger partial charge in [0.15, 0.2) is 0 Å². The lowest BCUT2D eigenvalue weighted by molar-refractivity contribution is 0.169. The van der Waals surface area contributed by atoms with E-state index in [1.54, 1.807) is 11.1 Å². The smallest absolute Gasteiger partial charge is 0.0916 e. The van der Waals surface area contributed by atoms with E-state index in [1.807, 2.05) is 20.0 Å². The van der Waals surface area contributed by atoms with E-state index in [0.29, 0.717) is 6.54 Å². The average molecular weight is 140 g/mol. The number of hydrazone groups is 1. The summed E-state index contributed by atoms with van der Waals surface area (Å²) >= 11 is 0. The molecule has 0 saturated carbocycles. The minimum atomic E-state index is -0.383. The number of allylic oxidation sites excluding steroid dienone is 1. The van der Waals surface area contributed by atoms with Gasteiger partial charge in [-0.05, 0) is 13.0 Å². The summed E-state index contributed by atoms with van der Waals surface area (Å²) < 4.78 is 0. The van der Waals surface area contributed by atoms with Crippen LogP contribution >= 0.6 is 0 Å². The zero-order valence-corrected chi connectivity index (χ0v) is 6.28. The summed E-state index contributed by atoms with van der Waals surface area (Å²) in [5, 5.41) is 15.0. The van der Waals surface area contributed by atoms with E-state index in [1.165, 1.54) is 0 Å². The fourth-order valence-corrected chi connectivity index (χ4v) is 0.925. The third-order valence-corrected chi connectivity index (χ3v) is 1.34. The van der Waals surface area contributed by atoms with Crippen molar-refractivity contribution in [2.75, 3.05) is 13.6 Å². The van der Waals surface area contributed by atoms with Gasteiger partial charge in [-0.2, -0.15) is 5.10 Å². The molecule has 1 N–H and O–H groups in total. The molecule has 1 unspecified atom stereocenters. The molecule has 1 atom stereocenters. The number of aliphatic hydroxyl groups is 1. The Morgan fingerprint density at radius 1 is 1.80 bits per heavy atom. The number of aliphatic hydroxyl groups excluding tert-OH is 1. The SMILES string of the molecule is CC1=NN(C)CC(O)C=C1. The molecule has 0 aromatic rings. The molecule has 3 nitrogen and oxygen atoms in total. The molecular formula is C7H12N2O. The first-order valence-corrected chi connectivity index (χ1v) is 3.31. The summed E-state index contributed by atoms with van der Waals surface area (Å²) in [4.78, 5) is 0. The molecule has 1 aliphatic heterocycles. The number of nitrogens with zero attached hydrogens (tertiary/aromatic N) is 2. The first-order chi connectivity index (χ1) is 4.68. The van der Waals surface area contributed by atoms with Gasteiger partial charge in [0, 0.05) is 7.05 Å². The van der Waals surface area contributed by atoms with Crippen molar-refractivity contribution < 1.29 is 5.11 Å². The van der Waals surface area contributed by atoms with Crippen molar-refractivity contribution in [2.45, 2.75) is 13.0 Å². The Labute approximate surface area is 60.7 Å². The van der Waals surface area contributed by atoms with Crippen LogP contribution in [-0.4, -0.2) is 35.5 Å². The van der Waals surface area contributed by atoms with Gasteiger partial charge in [-0.1, -0.05) is 6.08 Å². The molecule has 1 heterocycles. The Morgan fingerprint density at radius 3 is 3.20 bits per heavy atom. The monoisotopic (exact) mass is 140 g/mol. The van der Waals surface area contributed by atoms with Crippen LogP contribution < -0.4 is 0 Å². The Hall–Kier alpha value is -0.830. The van der Waals surface area contributed by atoms with Crippen LogP contribution in [0, 0.1) is 0 Å². The molecule has 0 bridgehead atoms. The van der Waals surface area contributed by atoms with Crippen molar-refractivity contribution in [1.82, 2.24) is 5.01 Å². The van der Waals surface area contributed by atoms with Crippen LogP contribution in [0.5, 0.6) is 0 Å². The van der Waals surface area contributed by atoms with E-state index in [4.69, 9.17) is 0 Å². The molecule has 0 amide bonds. The van der Waals surface area contributed by atoms with E-state index < -0.39 is 0 Å². The van der Waals surface area contributed by atoms with Gasteiger partial charge < -0.3 is 5.11 Å². The molecular weight excluding hydrogens is 128 g/mol. The highest BCUT2D eigenvalue weighted by Gasteiger charge is 2.05. The Bertz CT molecular complexity index is 174. The maximum Gasteiger partial charge on any atom is 0.0916 e. The molecule has 0 aromatic carbocycles. The van der Waals surface area contributed by atoms with Gasteiger partial charge in [0.2, 0.25) is 0 Å². The highest BCUT2D eigenvalue weighted by Crippen LogP contribution is 1.98. The second kappa shape index (κ2) is 2.84. The number of hydrogen-bond donors (Lipinski definition) is 1. The average Bonchev–Trinajstić information content (AvgIpc) is 1.93. The third kappa shape index (κ3) is 1.84. The summed E-state index contributed by atoms with van der Waals surface area (Å²) in [5.41, 5.74) is 0.930. The first-order valence-electron chi connectivity index (χ1n) is 3.31. The van der Waals surface area contributed by atoms with Gasteiger partial charge in [-0.3, -0.25) is 5.01 Å². The largest absolute Gasteiger partial charge is 0.387 e. The van der Waals surface area contributed by atoms with Crippen LogP contribution in [-0.2, 0) is 0 Å². The van der Waals surface area contributed by atoms with Gasteiger partial charge in [0.1, 0.15) is 0 Å². The van der Waals surface area contributed by atoms with Crippen molar-refractivity contribution in [2.24, 2.45) is 5.10 Å². The van der Waals surface area contributed by atoms with Crippen molar-refractivity contribution in [3.63, 3.8) is 0 Å². The van der Waals surface area contributed by atoms with Gasteiger partial charge in [0.05, 0.1) is 18.4 Å². The zero-order valence-electron chi connectivity index (χ0n) is 6.28. The van der Waals surface area contributed by atoms with Gasteiger partial charge in [-0.25, -0.2) is 0 Å². The molecule has 0 aliphatic carbocycles. The maximum absolute atomic E-state index is 9.18. The molecule has 0 aromatic heterocycles. The Kier molecular flexibility index (Phi) is 2.06. The highest BCUT2D eigenvalue weighted by molar-refractivity contribution is 5.92. The standard InChI is InChI=1S/C7H12N2O/c1-6-3-4-7(10)5-9(2)8-6/h3-4,7,10H,5H2,1-2H3. The van der Waals surface area contributed by atoms with Crippen LogP contribution in [0.1, 0.15) is 6.92 Å². The number of β-amino-alcohol motifs (C(OH)–C–C–N with tert-alkyl or cyclic N) is 1. The van der Waals surface area contributed by atoms with Crippen molar-refractivity contribution in [3.8, 4) is 0 Å². The van der Waals surface area contributed by atoms with Gasteiger partial charge in [-0.15, -0.1) is 0 Å². The molecule has 0 fully saturated rings. The molecule has 0 spiro atoms. The fourth-order valence-electron chi connectivity index (χ4n) is 0.925. The number of likely N-dealkylation sites (N-methyl/N-ethyl adjacent to an activating group) is 1. The summed E-state index contributed by atoms with van der Waals surface area (Å²) in [7, 11) is 1.85. The molecule has 0 radical (unpaired) electrons. The predicted molar refractivity (Wildman–Crippen MR) is 40.9 cm³/mol. The van der Waals surface area contributed by atoms with Crippen LogP contribution in [0.2, 0.25) is 0 Å². The maximum atomic E-state index is 9.18. The topological polar surface area (TPSA) is 35.8 Å². The van der Waals surface area contributed by atoms with Crippen LogP contribution in [0.3, 0.4) is 0 Å². The van der Waals surface area contributed by atoms with Crippen LogP contribution in [0.25, 0.3) is 0 Å². The zero-order chi connectivity index (χ0) is 7.56. The molecule has 10 heavy (non-hydrogen) atoms. The molecule has 56 valence electrons. The fraction of sp³-hybridized carbons (Fsp3) is 0.571. The molecule has 3 heteroatoms. The second-order valence-electron chi connectivity index (χ2n) is 2.51. The summed E-state index contributed by atoms with van der Waals surface area (Å²) in [5.74, 6) is 0. The molecule has 0 saturated heterocycles. The highest BCUT2D eigenvalue weighted by atomic mass is 16.3. The minimum Gasteiger partial charge on any atom is -0.387 e. The van der Waals surface area contributed by atoms with E-state index in [2.05, 4.69) is 5.10 Å². The van der Waals surface area contributed by atoms with E-state index in [9.17, 15) is 5.11 Å². The van der Waals surface area contributed by atoms with Crippen molar-refractivity contribution in [1.29, 1.82) is 0 Å². The lowest BCUT2D eigenvalue weighted by Gasteiger charge is -2.12. The van der Waals surface area contributed by atoms with Gasteiger partial charge >= 0.3 is 0 Å².